The van der Waals surface area contributed by atoms with Crippen molar-refractivity contribution in [3.8, 4) is 0 Å². The largest absolute Gasteiger partial charge is 0.435 e. The molecule has 1 heterocycles. The summed E-state index contributed by atoms with van der Waals surface area (Å²) in [5.41, 5.74) is 5.50. The van der Waals surface area contributed by atoms with Crippen molar-refractivity contribution in [3.63, 3.8) is 0 Å². The third-order valence-electron chi connectivity index (χ3n) is 3.78. The summed E-state index contributed by atoms with van der Waals surface area (Å²) in [5.74, 6) is 0. The molecule has 1 N–H and O–H groups in total. The zero-order valence-corrected chi connectivity index (χ0v) is 14.4. The van der Waals surface area contributed by atoms with Crippen molar-refractivity contribution in [1.82, 2.24) is 10.4 Å². The molecule has 2 aromatic carbocycles. The molecule has 0 aliphatic rings. The standard InChI is InChI=1S/C21H19N3O2/c1-16(19-14-8-9-15-22-19)23-24-21(25)26-20(17-10-4-2-5-11-17)18-12-6-3-7-13-18/h2-15,20H,1H3,(H,24,25). The van der Waals surface area contributed by atoms with E-state index >= 15 is 0 Å². The number of aromatic nitrogens is 1. The summed E-state index contributed by atoms with van der Waals surface area (Å²) in [5, 5.41) is 4.06. The smallest absolute Gasteiger partial charge is 0.428 e. The Balaban J connectivity index is 1.74. The fourth-order valence-corrected chi connectivity index (χ4v) is 2.48. The molecule has 0 unspecified atom stereocenters. The van der Waals surface area contributed by atoms with Crippen molar-refractivity contribution < 1.29 is 9.53 Å². The average Bonchev–Trinajstić information content (AvgIpc) is 2.72. The molecule has 0 aliphatic carbocycles. The number of benzene rings is 2. The van der Waals surface area contributed by atoms with Crippen LogP contribution in [0.3, 0.4) is 0 Å². The highest BCUT2D eigenvalue weighted by molar-refractivity contribution is 5.97. The van der Waals surface area contributed by atoms with E-state index in [1.165, 1.54) is 0 Å². The molecule has 0 aliphatic heterocycles. The summed E-state index contributed by atoms with van der Waals surface area (Å²) < 4.78 is 5.63. The normalized spacial score (nSPS) is 11.2. The lowest BCUT2D eigenvalue weighted by molar-refractivity contribution is 0.117. The highest BCUT2D eigenvalue weighted by atomic mass is 16.6. The Kier molecular flexibility index (Phi) is 5.72. The molecule has 130 valence electrons. The number of hydrazone groups is 1. The SMILES string of the molecule is CC(=NNC(=O)OC(c1ccccc1)c1ccccc1)c1ccccn1. The minimum atomic E-state index is -0.627. The van der Waals surface area contributed by atoms with Crippen LogP contribution < -0.4 is 5.43 Å². The van der Waals surface area contributed by atoms with Crippen LogP contribution in [0.5, 0.6) is 0 Å². The lowest BCUT2D eigenvalue weighted by Crippen LogP contribution is -2.23. The summed E-state index contributed by atoms with van der Waals surface area (Å²) in [6.45, 7) is 1.77. The number of carbonyl (C=O) groups excluding carboxylic acids is 1. The van der Waals surface area contributed by atoms with E-state index in [1.54, 1.807) is 13.1 Å². The van der Waals surface area contributed by atoms with Gasteiger partial charge in [-0.15, -0.1) is 0 Å². The second-order valence-corrected chi connectivity index (χ2v) is 5.63. The van der Waals surface area contributed by atoms with Crippen molar-refractivity contribution in [1.29, 1.82) is 0 Å². The molecule has 1 amide bonds. The van der Waals surface area contributed by atoms with Gasteiger partial charge in [0.2, 0.25) is 0 Å². The quantitative estimate of drug-likeness (QED) is 0.553. The molecule has 0 saturated carbocycles. The van der Waals surface area contributed by atoms with Crippen LogP contribution in [0.25, 0.3) is 0 Å². The lowest BCUT2D eigenvalue weighted by atomic mass is 10.0. The summed E-state index contributed by atoms with van der Waals surface area (Å²) in [6.07, 6.45) is 0.536. The van der Waals surface area contributed by atoms with Crippen LogP contribution in [0.15, 0.2) is 90.2 Å². The second kappa shape index (κ2) is 8.58. The maximum atomic E-state index is 12.3. The molecular formula is C21H19N3O2. The van der Waals surface area contributed by atoms with Gasteiger partial charge in [0, 0.05) is 6.20 Å². The van der Waals surface area contributed by atoms with Crippen molar-refractivity contribution in [2.75, 3.05) is 0 Å². The van der Waals surface area contributed by atoms with E-state index < -0.39 is 12.2 Å². The van der Waals surface area contributed by atoms with Crippen molar-refractivity contribution >= 4 is 11.8 Å². The molecule has 1 aromatic heterocycles. The number of nitrogens with zero attached hydrogens (tertiary/aromatic N) is 2. The van der Waals surface area contributed by atoms with Gasteiger partial charge in [0.1, 0.15) is 0 Å². The molecule has 0 saturated heterocycles. The number of carbonyl (C=O) groups is 1. The van der Waals surface area contributed by atoms with Crippen molar-refractivity contribution in [2.45, 2.75) is 13.0 Å². The summed E-state index contributed by atoms with van der Waals surface area (Å²) >= 11 is 0. The molecule has 0 bridgehead atoms. The maximum absolute atomic E-state index is 12.3. The summed E-state index contributed by atoms with van der Waals surface area (Å²) in [4.78, 5) is 16.5. The number of hydrogen-bond acceptors (Lipinski definition) is 4. The molecule has 0 radical (unpaired) electrons. The Morgan fingerprint density at radius 2 is 1.50 bits per heavy atom. The second-order valence-electron chi connectivity index (χ2n) is 5.63. The molecule has 0 spiro atoms. The molecule has 3 aromatic rings. The predicted octanol–water partition coefficient (Wildman–Crippen LogP) is 4.32. The van der Waals surface area contributed by atoms with E-state index in [0.717, 1.165) is 11.1 Å². The van der Waals surface area contributed by atoms with Crippen LogP contribution in [0.4, 0.5) is 4.79 Å². The van der Waals surface area contributed by atoms with Gasteiger partial charge in [-0.25, -0.2) is 10.2 Å². The van der Waals surface area contributed by atoms with Gasteiger partial charge in [0.15, 0.2) is 6.10 Å². The van der Waals surface area contributed by atoms with Gasteiger partial charge in [-0.1, -0.05) is 66.7 Å². The summed E-state index contributed by atoms with van der Waals surface area (Å²) in [7, 11) is 0. The fraction of sp³-hybridized carbons (Fsp3) is 0.0952. The van der Waals surface area contributed by atoms with Crippen molar-refractivity contribution in [2.24, 2.45) is 5.10 Å². The fourth-order valence-electron chi connectivity index (χ4n) is 2.48. The zero-order valence-electron chi connectivity index (χ0n) is 14.4. The molecule has 26 heavy (non-hydrogen) atoms. The highest BCUT2D eigenvalue weighted by Crippen LogP contribution is 2.25. The van der Waals surface area contributed by atoms with Gasteiger partial charge in [0.05, 0.1) is 11.4 Å². The topological polar surface area (TPSA) is 63.6 Å². The predicted molar refractivity (Wildman–Crippen MR) is 101 cm³/mol. The van der Waals surface area contributed by atoms with Crippen LogP contribution in [-0.4, -0.2) is 16.8 Å². The highest BCUT2D eigenvalue weighted by Gasteiger charge is 2.18. The average molecular weight is 345 g/mol. The molecular weight excluding hydrogens is 326 g/mol. The Morgan fingerprint density at radius 3 is 2.04 bits per heavy atom. The summed E-state index contributed by atoms with van der Waals surface area (Å²) in [6, 6.07) is 24.7. The third kappa shape index (κ3) is 4.54. The van der Waals surface area contributed by atoms with E-state index in [4.69, 9.17) is 4.74 Å². The van der Waals surface area contributed by atoms with Crippen LogP contribution in [0.2, 0.25) is 0 Å². The van der Waals surface area contributed by atoms with Gasteiger partial charge < -0.3 is 4.74 Å². The van der Waals surface area contributed by atoms with Crippen LogP contribution in [0.1, 0.15) is 29.8 Å². The number of hydrogen-bond donors (Lipinski definition) is 1. The zero-order chi connectivity index (χ0) is 18.2. The van der Waals surface area contributed by atoms with Crippen LogP contribution in [-0.2, 0) is 4.74 Å². The first-order valence-electron chi connectivity index (χ1n) is 8.26. The number of amides is 1. The van der Waals surface area contributed by atoms with E-state index in [9.17, 15) is 4.79 Å². The number of nitrogens with one attached hydrogen (secondary N) is 1. The number of ether oxygens (including phenoxy) is 1. The Bertz CT molecular complexity index is 826. The molecule has 0 atom stereocenters. The molecule has 0 fully saturated rings. The Morgan fingerprint density at radius 1 is 0.923 bits per heavy atom. The molecule has 5 nitrogen and oxygen atoms in total. The molecule has 3 rings (SSSR count). The van der Waals surface area contributed by atoms with Gasteiger partial charge in [-0.3, -0.25) is 4.98 Å². The van der Waals surface area contributed by atoms with Gasteiger partial charge in [-0.2, -0.15) is 5.10 Å². The van der Waals surface area contributed by atoms with E-state index in [1.807, 2.05) is 78.9 Å². The van der Waals surface area contributed by atoms with Gasteiger partial charge in [0.25, 0.3) is 0 Å². The van der Waals surface area contributed by atoms with E-state index in [2.05, 4.69) is 15.5 Å². The monoisotopic (exact) mass is 345 g/mol. The van der Waals surface area contributed by atoms with Crippen LogP contribution >= 0.6 is 0 Å². The number of rotatable bonds is 5. The first-order chi connectivity index (χ1) is 12.7. The minimum Gasteiger partial charge on any atom is -0.435 e. The van der Waals surface area contributed by atoms with Gasteiger partial charge in [-0.05, 0) is 30.2 Å². The minimum absolute atomic E-state index is 0.511. The van der Waals surface area contributed by atoms with Crippen LogP contribution in [0, 0.1) is 0 Å². The van der Waals surface area contributed by atoms with E-state index in [-0.39, 0.29) is 0 Å². The molecule has 5 heteroatoms. The lowest BCUT2D eigenvalue weighted by Gasteiger charge is -2.18. The third-order valence-corrected chi connectivity index (χ3v) is 3.78. The first-order valence-corrected chi connectivity index (χ1v) is 8.26. The van der Waals surface area contributed by atoms with Gasteiger partial charge >= 0.3 is 6.09 Å². The van der Waals surface area contributed by atoms with E-state index in [0.29, 0.717) is 11.4 Å². The maximum Gasteiger partial charge on any atom is 0.428 e. The number of pyridine rings is 1. The first kappa shape index (κ1) is 17.4. The Hall–Kier alpha value is -3.47. The van der Waals surface area contributed by atoms with Crippen molar-refractivity contribution in [3.05, 3.63) is 102 Å². The Labute approximate surface area is 152 Å².